The summed E-state index contributed by atoms with van der Waals surface area (Å²) >= 11 is 1.37. The maximum Gasteiger partial charge on any atom is 0.387 e. The van der Waals surface area contributed by atoms with Gasteiger partial charge in [0.05, 0.1) is 17.3 Å². The molecule has 5 nitrogen and oxygen atoms in total. The number of carbonyl (C=O) groups is 1. The molecule has 2 aromatic carbocycles. The van der Waals surface area contributed by atoms with Gasteiger partial charge in [0.1, 0.15) is 0 Å². The first-order chi connectivity index (χ1) is 13.5. The van der Waals surface area contributed by atoms with Crippen molar-refractivity contribution in [3.63, 3.8) is 0 Å². The molecule has 0 aliphatic carbocycles. The van der Waals surface area contributed by atoms with Gasteiger partial charge in [-0.05, 0) is 36.3 Å². The van der Waals surface area contributed by atoms with Gasteiger partial charge < -0.3 is 9.47 Å². The smallest absolute Gasteiger partial charge is 0.387 e. The number of rotatable bonds is 7. The van der Waals surface area contributed by atoms with Crippen molar-refractivity contribution in [2.24, 2.45) is 0 Å². The number of fused-ring (bicyclic) bond motifs is 1. The number of thiazole rings is 1. The number of halogens is 2. The van der Waals surface area contributed by atoms with Crippen LogP contribution in [0.25, 0.3) is 16.3 Å². The maximum absolute atomic E-state index is 12.7. The average Bonchev–Trinajstić information content (AvgIpc) is 3.07. The molecule has 146 valence electrons. The van der Waals surface area contributed by atoms with E-state index in [0.717, 1.165) is 16.6 Å². The van der Waals surface area contributed by atoms with E-state index >= 15 is 0 Å². The highest BCUT2D eigenvalue weighted by molar-refractivity contribution is 7.22. The number of para-hydroxylation sites is 1. The minimum atomic E-state index is -3.01. The van der Waals surface area contributed by atoms with Crippen molar-refractivity contribution in [3.8, 4) is 11.5 Å². The maximum atomic E-state index is 12.7. The van der Waals surface area contributed by atoms with Crippen LogP contribution in [0.3, 0.4) is 0 Å². The van der Waals surface area contributed by atoms with E-state index in [9.17, 15) is 13.6 Å². The number of benzene rings is 2. The quantitative estimate of drug-likeness (QED) is 0.555. The molecule has 0 atom stereocenters. The fraction of sp³-hybridized carbons (Fsp3) is 0.200. The van der Waals surface area contributed by atoms with E-state index in [1.165, 1.54) is 42.2 Å². The van der Waals surface area contributed by atoms with Crippen LogP contribution in [0.15, 0.2) is 42.5 Å². The van der Waals surface area contributed by atoms with Gasteiger partial charge in [-0.3, -0.25) is 10.1 Å². The molecule has 0 saturated heterocycles. The fourth-order valence-electron chi connectivity index (χ4n) is 2.59. The Morgan fingerprint density at radius 2 is 2.14 bits per heavy atom. The van der Waals surface area contributed by atoms with Gasteiger partial charge in [-0.25, -0.2) is 4.98 Å². The monoisotopic (exact) mass is 404 g/mol. The number of ether oxygens (including phenoxy) is 2. The summed E-state index contributed by atoms with van der Waals surface area (Å²) in [4.78, 5) is 16.6. The second kappa shape index (κ2) is 8.79. The van der Waals surface area contributed by atoms with Crippen LogP contribution < -0.4 is 14.8 Å². The third-order valence-corrected chi connectivity index (χ3v) is 4.88. The number of alkyl halides is 2. The predicted molar refractivity (Wildman–Crippen MR) is 106 cm³/mol. The number of nitrogens with one attached hydrogen (secondary N) is 1. The van der Waals surface area contributed by atoms with Crippen LogP contribution in [0.1, 0.15) is 18.1 Å². The highest BCUT2D eigenvalue weighted by Crippen LogP contribution is 2.33. The lowest BCUT2D eigenvalue weighted by Gasteiger charge is -2.12. The zero-order valence-electron chi connectivity index (χ0n) is 15.2. The Hall–Kier alpha value is -3.00. The fourth-order valence-corrected chi connectivity index (χ4v) is 3.53. The van der Waals surface area contributed by atoms with Crippen LogP contribution >= 0.6 is 11.3 Å². The lowest BCUT2D eigenvalue weighted by molar-refractivity contribution is -0.111. The Labute approximate surface area is 164 Å². The van der Waals surface area contributed by atoms with E-state index in [1.807, 2.05) is 18.2 Å². The largest absolute Gasteiger partial charge is 0.493 e. The molecular weight excluding hydrogens is 386 g/mol. The van der Waals surface area contributed by atoms with Crippen molar-refractivity contribution in [2.75, 3.05) is 12.4 Å². The summed E-state index contributed by atoms with van der Waals surface area (Å²) in [7, 11) is 1.35. The summed E-state index contributed by atoms with van der Waals surface area (Å²) in [5, 5.41) is 3.15. The molecule has 0 radical (unpaired) electrons. The third-order valence-electron chi connectivity index (χ3n) is 3.94. The second-order valence-corrected chi connectivity index (χ2v) is 6.79. The van der Waals surface area contributed by atoms with E-state index < -0.39 is 12.5 Å². The van der Waals surface area contributed by atoms with Crippen LogP contribution in [0.5, 0.6) is 11.5 Å². The molecule has 0 fully saturated rings. The first kappa shape index (κ1) is 19.8. The van der Waals surface area contributed by atoms with Crippen molar-refractivity contribution in [2.45, 2.75) is 20.0 Å². The van der Waals surface area contributed by atoms with Crippen molar-refractivity contribution in [3.05, 3.63) is 53.6 Å². The summed E-state index contributed by atoms with van der Waals surface area (Å²) in [5.41, 5.74) is 2.30. The zero-order chi connectivity index (χ0) is 20.1. The summed E-state index contributed by atoms with van der Waals surface area (Å²) in [6.45, 7) is -0.937. The molecule has 3 aromatic rings. The van der Waals surface area contributed by atoms with Gasteiger partial charge in [-0.1, -0.05) is 36.5 Å². The number of aromatic nitrogens is 1. The molecule has 0 aliphatic heterocycles. The van der Waals surface area contributed by atoms with Crippen LogP contribution in [-0.4, -0.2) is 24.6 Å². The first-order valence-electron chi connectivity index (χ1n) is 8.50. The number of anilines is 1. The molecule has 1 amide bonds. The Morgan fingerprint density at radius 1 is 1.32 bits per heavy atom. The van der Waals surface area contributed by atoms with Crippen molar-refractivity contribution in [1.29, 1.82) is 0 Å². The molecule has 0 bridgehead atoms. The Morgan fingerprint density at radius 3 is 2.86 bits per heavy atom. The van der Waals surface area contributed by atoms with Crippen molar-refractivity contribution in [1.82, 2.24) is 4.98 Å². The molecule has 1 N–H and O–H groups in total. The molecule has 8 heteroatoms. The Bertz CT molecular complexity index is 1020. The van der Waals surface area contributed by atoms with Crippen molar-refractivity contribution >= 4 is 38.7 Å². The average molecular weight is 404 g/mol. The molecule has 1 heterocycles. The molecule has 0 saturated carbocycles. The molecule has 28 heavy (non-hydrogen) atoms. The third kappa shape index (κ3) is 4.64. The molecule has 0 unspecified atom stereocenters. The number of aryl methyl sites for hydroxylation is 1. The summed E-state index contributed by atoms with van der Waals surface area (Å²) < 4.78 is 35.9. The number of amides is 1. The lowest BCUT2D eigenvalue weighted by atomic mass is 10.1. The van der Waals surface area contributed by atoms with E-state index in [2.05, 4.69) is 22.0 Å². The van der Waals surface area contributed by atoms with Crippen LogP contribution in [0.2, 0.25) is 0 Å². The highest BCUT2D eigenvalue weighted by atomic mass is 32.1. The number of nitrogens with zero attached hydrogens (tertiary/aromatic N) is 1. The van der Waals surface area contributed by atoms with Gasteiger partial charge in [0, 0.05) is 11.6 Å². The minimum absolute atomic E-state index is 0.129. The Balaban J connectivity index is 1.77. The van der Waals surface area contributed by atoms with Gasteiger partial charge in [0.15, 0.2) is 16.6 Å². The van der Waals surface area contributed by atoms with Gasteiger partial charge in [0.25, 0.3) is 0 Å². The topological polar surface area (TPSA) is 60.5 Å². The minimum Gasteiger partial charge on any atom is -0.493 e. The van der Waals surface area contributed by atoms with E-state index in [-0.39, 0.29) is 11.5 Å². The normalized spacial score (nSPS) is 11.3. The van der Waals surface area contributed by atoms with Gasteiger partial charge in [-0.15, -0.1) is 0 Å². The molecule has 3 rings (SSSR count). The number of methoxy groups -OCH3 is 1. The van der Waals surface area contributed by atoms with Gasteiger partial charge >= 0.3 is 6.61 Å². The zero-order valence-corrected chi connectivity index (χ0v) is 16.1. The predicted octanol–water partition coefficient (Wildman–Crippen LogP) is 5.12. The van der Waals surface area contributed by atoms with Crippen LogP contribution in [0.4, 0.5) is 13.9 Å². The standard InChI is InChI=1S/C20H18F2N2O3S/c1-3-12-7-9-14-16(11-12)28-20(23-14)24-17(25)10-8-13-5-4-6-15(26-2)18(13)27-19(21)22/h4-11,19H,3H2,1-2H3,(H,23,24,25)/b10-8+. The number of carbonyl (C=O) groups excluding carboxylic acids is 1. The number of hydrogen-bond donors (Lipinski definition) is 1. The highest BCUT2D eigenvalue weighted by Gasteiger charge is 2.14. The van der Waals surface area contributed by atoms with Crippen LogP contribution in [-0.2, 0) is 11.2 Å². The SMILES string of the molecule is CCc1ccc2nc(NC(=O)/C=C/c3cccc(OC)c3OC(F)F)sc2c1. The van der Waals surface area contributed by atoms with E-state index in [0.29, 0.717) is 10.7 Å². The van der Waals surface area contributed by atoms with E-state index in [1.54, 1.807) is 12.1 Å². The second-order valence-electron chi connectivity index (χ2n) is 5.75. The Kier molecular flexibility index (Phi) is 6.20. The first-order valence-corrected chi connectivity index (χ1v) is 9.32. The summed E-state index contributed by atoms with van der Waals surface area (Å²) in [6, 6.07) is 10.6. The molecular formula is C20H18F2N2O3S. The molecule has 0 aliphatic rings. The van der Waals surface area contributed by atoms with Crippen LogP contribution in [0, 0.1) is 0 Å². The summed E-state index contributed by atoms with van der Waals surface area (Å²) in [6.07, 6.45) is 3.54. The van der Waals surface area contributed by atoms with E-state index in [4.69, 9.17) is 4.74 Å². The molecule has 1 aromatic heterocycles. The summed E-state index contributed by atoms with van der Waals surface area (Å²) in [5.74, 6) is -0.405. The van der Waals surface area contributed by atoms with Gasteiger partial charge in [0.2, 0.25) is 5.91 Å². The molecule has 0 spiro atoms. The number of hydrogen-bond acceptors (Lipinski definition) is 5. The van der Waals surface area contributed by atoms with Gasteiger partial charge in [-0.2, -0.15) is 8.78 Å². The lowest BCUT2D eigenvalue weighted by Crippen LogP contribution is -2.08. The van der Waals surface area contributed by atoms with Crippen molar-refractivity contribution < 1.29 is 23.0 Å².